The lowest BCUT2D eigenvalue weighted by Gasteiger charge is -2.09. The van der Waals surface area contributed by atoms with Gasteiger partial charge in [0.1, 0.15) is 0 Å². The number of aryl methyl sites for hydroxylation is 2. The second-order valence-corrected chi connectivity index (χ2v) is 3.46. The highest BCUT2D eigenvalue weighted by atomic mass is 19.1. The summed E-state index contributed by atoms with van der Waals surface area (Å²) >= 11 is 0. The van der Waals surface area contributed by atoms with E-state index in [-0.39, 0.29) is 6.61 Å². The minimum absolute atomic E-state index is 0.199. The zero-order chi connectivity index (χ0) is 11.4. The van der Waals surface area contributed by atoms with Crippen molar-refractivity contribution in [1.82, 2.24) is 0 Å². The van der Waals surface area contributed by atoms with Crippen LogP contribution in [0.1, 0.15) is 29.8 Å². The molecule has 82 valence electrons. The lowest BCUT2D eigenvalue weighted by atomic mass is 10.0. The van der Waals surface area contributed by atoms with E-state index in [0.29, 0.717) is 5.56 Å². The molecule has 0 aliphatic heterocycles. The van der Waals surface area contributed by atoms with Crippen LogP contribution in [0.15, 0.2) is 18.2 Å². The smallest absolute Gasteiger partial charge is 0.345 e. The predicted molar refractivity (Wildman–Crippen MR) is 56.4 cm³/mol. The molecule has 1 rings (SSSR count). The molecule has 15 heavy (non-hydrogen) atoms. The Hall–Kier alpha value is -1.38. The van der Waals surface area contributed by atoms with Crippen molar-refractivity contribution in [3.63, 3.8) is 0 Å². The molecule has 0 spiro atoms. The third-order valence-corrected chi connectivity index (χ3v) is 2.32. The Balaban J connectivity index is 2.86. The Morgan fingerprint density at radius 3 is 2.60 bits per heavy atom. The van der Waals surface area contributed by atoms with E-state index in [9.17, 15) is 9.18 Å². The van der Waals surface area contributed by atoms with Gasteiger partial charge < -0.3 is 4.74 Å². The Morgan fingerprint density at radius 2 is 2.07 bits per heavy atom. The quantitative estimate of drug-likeness (QED) is 0.717. The van der Waals surface area contributed by atoms with Gasteiger partial charge in [0.15, 0.2) is 0 Å². The van der Waals surface area contributed by atoms with Crippen molar-refractivity contribution in [3.05, 3.63) is 34.9 Å². The standard InChI is InChI=1S/C12H15FO2/c1-4-15-12(14)11(13)10-6-5-8(2)9(3)7-10/h5-7,11H,4H2,1-3H3. The average molecular weight is 210 g/mol. The fourth-order valence-corrected chi connectivity index (χ4v) is 1.27. The number of carbonyl (C=O) groups excluding carboxylic acids is 1. The zero-order valence-corrected chi connectivity index (χ0v) is 9.21. The van der Waals surface area contributed by atoms with E-state index < -0.39 is 12.1 Å². The Morgan fingerprint density at radius 1 is 1.40 bits per heavy atom. The summed E-state index contributed by atoms with van der Waals surface area (Å²) in [6, 6.07) is 5.09. The lowest BCUT2D eigenvalue weighted by Crippen LogP contribution is -2.12. The van der Waals surface area contributed by atoms with Crippen molar-refractivity contribution < 1.29 is 13.9 Å². The first-order valence-corrected chi connectivity index (χ1v) is 4.94. The lowest BCUT2D eigenvalue weighted by molar-refractivity contribution is -0.149. The van der Waals surface area contributed by atoms with Gasteiger partial charge in [-0.3, -0.25) is 0 Å². The van der Waals surface area contributed by atoms with Crippen molar-refractivity contribution in [3.8, 4) is 0 Å². The summed E-state index contributed by atoms with van der Waals surface area (Å²) in [6.07, 6.45) is -1.68. The molecule has 0 amide bonds. The Labute approximate surface area is 89.1 Å². The van der Waals surface area contributed by atoms with Gasteiger partial charge in [-0.15, -0.1) is 0 Å². The molecular weight excluding hydrogens is 195 g/mol. The molecule has 0 aliphatic carbocycles. The zero-order valence-electron chi connectivity index (χ0n) is 9.21. The number of rotatable bonds is 3. The van der Waals surface area contributed by atoms with Crippen LogP contribution in [0.3, 0.4) is 0 Å². The van der Waals surface area contributed by atoms with Gasteiger partial charge in [0, 0.05) is 0 Å². The molecule has 0 saturated heterocycles. The number of hydrogen-bond acceptors (Lipinski definition) is 2. The monoisotopic (exact) mass is 210 g/mol. The summed E-state index contributed by atoms with van der Waals surface area (Å²) in [6.45, 7) is 5.68. The molecule has 0 radical (unpaired) electrons. The van der Waals surface area contributed by atoms with E-state index in [1.165, 1.54) is 0 Å². The highest BCUT2D eigenvalue weighted by molar-refractivity contribution is 5.76. The third-order valence-electron chi connectivity index (χ3n) is 2.32. The van der Waals surface area contributed by atoms with Crippen molar-refractivity contribution >= 4 is 5.97 Å². The highest BCUT2D eigenvalue weighted by Gasteiger charge is 2.20. The summed E-state index contributed by atoms with van der Waals surface area (Å²) in [7, 11) is 0. The van der Waals surface area contributed by atoms with E-state index in [1.54, 1.807) is 25.1 Å². The normalized spacial score (nSPS) is 12.3. The molecule has 0 aliphatic rings. The minimum Gasteiger partial charge on any atom is -0.464 e. The molecule has 0 aromatic heterocycles. The molecule has 0 saturated carbocycles. The molecule has 0 bridgehead atoms. The Kier molecular flexibility index (Phi) is 3.83. The van der Waals surface area contributed by atoms with Gasteiger partial charge in [0.25, 0.3) is 0 Å². The maximum Gasteiger partial charge on any atom is 0.345 e. The largest absolute Gasteiger partial charge is 0.464 e. The molecule has 1 atom stereocenters. The molecule has 1 unspecified atom stereocenters. The van der Waals surface area contributed by atoms with Crippen LogP contribution in [0, 0.1) is 13.8 Å². The van der Waals surface area contributed by atoms with Gasteiger partial charge in [-0.05, 0) is 37.5 Å². The molecule has 0 N–H and O–H groups in total. The topological polar surface area (TPSA) is 26.3 Å². The number of ether oxygens (including phenoxy) is 1. The number of carbonyl (C=O) groups is 1. The van der Waals surface area contributed by atoms with Crippen LogP contribution in [-0.2, 0) is 9.53 Å². The summed E-state index contributed by atoms with van der Waals surface area (Å²) in [5, 5.41) is 0. The van der Waals surface area contributed by atoms with E-state index in [1.807, 2.05) is 13.8 Å². The van der Waals surface area contributed by atoms with E-state index in [4.69, 9.17) is 0 Å². The first kappa shape index (κ1) is 11.7. The van der Waals surface area contributed by atoms with Crippen LogP contribution in [0.25, 0.3) is 0 Å². The highest BCUT2D eigenvalue weighted by Crippen LogP contribution is 2.21. The van der Waals surface area contributed by atoms with Crippen LogP contribution < -0.4 is 0 Å². The maximum atomic E-state index is 13.6. The van der Waals surface area contributed by atoms with Gasteiger partial charge >= 0.3 is 5.97 Å². The number of hydrogen-bond donors (Lipinski definition) is 0. The third kappa shape index (κ3) is 2.78. The fourth-order valence-electron chi connectivity index (χ4n) is 1.27. The summed E-state index contributed by atoms with van der Waals surface area (Å²) in [5.74, 6) is -0.819. The molecule has 1 aromatic rings. The minimum atomic E-state index is -1.68. The molecular formula is C12H15FO2. The van der Waals surface area contributed by atoms with Gasteiger partial charge in [-0.25, -0.2) is 9.18 Å². The molecule has 0 fully saturated rings. The van der Waals surface area contributed by atoms with Gasteiger partial charge in [-0.2, -0.15) is 0 Å². The van der Waals surface area contributed by atoms with Crippen LogP contribution in [-0.4, -0.2) is 12.6 Å². The Bertz CT molecular complexity index is 361. The van der Waals surface area contributed by atoms with Crippen molar-refractivity contribution in [2.45, 2.75) is 26.9 Å². The van der Waals surface area contributed by atoms with Crippen molar-refractivity contribution in [1.29, 1.82) is 0 Å². The predicted octanol–water partition coefficient (Wildman–Crippen LogP) is 2.88. The van der Waals surface area contributed by atoms with E-state index in [0.717, 1.165) is 11.1 Å². The van der Waals surface area contributed by atoms with Crippen LogP contribution in [0.4, 0.5) is 4.39 Å². The van der Waals surface area contributed by atoms with Gasteiger partial charge in [0.05, 0.1) is 6.61 Å². The first-order valence-electron chi connectivity index (χ1n) is 4.94. The maximum absolute atomic E-state index is 13.6. The molecule has 3 heteroatoms. The molecule has 1 aromatic carbocycles. The van der Waals surface area contributed by atoms with Crippen molar-refractivity contribution in [2.75, 3.05) is 6.61 Å². The second-order valence-electron chi connectivity index (χ2n) is 3.46. The number of esters is 1. The summed E-state index contributed by atoms with van der Waals surface area (Å²) in [4.78, 5) is 11.1. The fraction of sp³-hybridized carbons (Fsp3) is 0.417. The van der Waals surface area contributed by atoms with Crippen LogP contribution in [0.5, 0.6) is 0 Å². The summed E-state index contributed by atoms with van der Waals surface area (Å²) < 4.78 is 18.2. The first-order chi connectivity index (χ1) is 7.06. The van der Waals surface area contributed by atoms with Crippen LogP contribution in [0.2, 0.25) is 0 Å². The van der Waals surface area contributed by atoms with E-state index >= 15 is 0 Å². The van der Waals surface area contributed by atoms with Gasteiger partial charge in [0.2, 0.25) is 6.17 Å². The number of benzene rings is 1. The van der Waals surface area contributed by atoms with Crippen LogP contribution >= 0.6 is 0 Å². The molecule has 0 heterocycles. The van der Waals surface area contributed by atoms with Crippen molar-refractivity contribution in [2.24, 2.45) is 0 Å². The van der Waals surface area contributed by atoms with E-state index in [2.05, 4.69) is 4.74 Å². The molecule has 2 nitrogen and oxygen atoms in total. The number of halogens is 1. The second kappa shape index (κ2) is 4.91. The van der Waals surface area contributed by atoms with Gasteiger partial charge in [-0.1, -0.05) is 18.2 Å². The average Bonchev–Trinajstić information content (AvgIpc) is 2.21. The number of alkyl halides is 1. The summed E-state index contributed by atoms with van der Waals surface area (Å²) in [5.41, 5.74) is 2.41. The SMILES string of the molecule is CCOC(=O)C(F)c1ccc(C)c(C)c1.